The highest BCUT2D eigenvalue weighted by Crippen LogP contribution is 2.38. The van der Waals surface area contributed by atoms with Gasteiger partial charge < -0.3 is 4.98 Å². The number of aromatic amines is 1. The van der Waals surface area contributed by atoms with Crippen LogP contribution in [0.4, 0.5) is 22.0 Å². The molecule has 4 aromatic rings. The summed E-state index contributed by atoms with van der Waals surface area (Å²) in [4.78, 5) is 11.5. The molecule has 0 unspecified atom stereocenters. The highest BCUT2D eigenvalue weighted by Gasteiger charge is 2.34. The van der Waals surface area contributed by atoms with Gasteiger partial charge in [0, 0.05) is 16.8 Å². The topological polar surface area (TPSA) is 57.2 Å². The Bertz CT molecular complexity index is 1430. The predicted octanol–water partition coefficient (Wildman–Crippen LogP) is 6.44. The third-order valence-corrected chi connectivity index (χ3v) is 5.69. The lowest BCUT2D eigenvalue weighted by atomic mass is 10.0. The first-order valence-electron chi connectivity index (χ1n) is 10.3. The van der Waals surface area contributed by atoms with Crippen LogP contribution in [0.3, 0.4) is 0 Å². The van der Waals surface area contributed by atoms with E-state index >= 15 is 0 Å². The third kappa shape index (κ3) is 4.61. The van der Waals surface area contributed by atoms with E-state index in [2.05, 4.69) is 20.1 Å². The molecule has 1 N–H and O–H groups in total. The summed E-state index contributed by atoms with van der Waals surface area (Å²) in [5, 5.41) is 5.99. The van der Waals surface area contributed by atoms with E-state index < -0.39 is 23.4 Å². The number of halogens is 6. The molecule has 0 saturated carbocycles. The largest absolute Gasteiger partial charge is 0.417 e. The Morgan fingerprint density at radius 3 is 2.60 bits per heavy atom. The number of imidazole rings is 1. The zero-order valence-electron chi connectivity index (χ0n) is 17.7. The summed E-state index contributed by atoms with van der Waals surface area (Å²) in [6.07, 6.45) is -1.59. The van der Waals surface area contributed by atoms with E-state index in [9.17, 15) is 22.0 Å². The monoisotopic (exact) mass is 503 g/mol. The van der Waals surface area contributed by atoms with E-state index in [1.807, 2.05) is 0 Å². The van der Waals surface area contributed by atoms with E-state index in [0.29, 0.717) is 30.0 Å². The van der Waals surface area contributed by atoms with Crippen molar-refractivity contribution in [1.82, 2.24) is 20.0 Å². The summed E-state index contributed by atoms with van der Waals surface area (Å²) in [7, 11) is 0. The van der Waals surface area contributed by atoms with E-state index in [1.165, 1.54) is 42.7 Å². The van der Waals surface area contributed by atoms with Crippen molar-refractivity contribution in [3.8, 4) is 22.6 Å². The zero-order valence-corrected chi connectivity index (χ0v) is 18.5. The number of nitrogens with one attached hydrogen (secondary N) is 1. The molecule has 11 heteroatoms. The Morgan fingerprint density at radius 1 is 1.03 bits per heavy atom. The first kappa shape index (κ1) is 23.0. The number of benzene rings is 2. The lowest BCUT2D eigenvalue weighted by molar-refractivity contribution is -0.137. The van der Waals surface area contributed by atoms with E-state index in [-0.39, 0.29) is 27.7 Å². The molecule has 2 aromatic carbocycles. The molecule has 0 aliphatic carbocycles. The van der Waals surface area contributed by atoms with Crippen molar-refractivity contribution >= 4 is 17.8 Å². The maximum absolute atomic E-state index is 14.1. The first-order chi connectivity index (χ1) is 16.7. The Balaban J connectivity index is 1.33. The van der Waals surface area contributed by atoms with Gasteiger partial charge in [-0.25, -0.2) is 13.8 Å². The highest BCUT2D eigenvalue weighted by molar-refractivity contribution is 6.30. The van der Waals surface area contributed by atoms with E-state index in [4.69, 9.17) is 11.6 Å². The number of H-pyrrole nitrogens is 1. The minimum atomic E-state index is -4.57. The fraction of sp³-hybridized carbons (Fsp3) is 0.125. The number of rotatable bonds is 4. The maximum Gasteiger partial charge on any atom is 0.417 e. The number of nitrogens with zero attached hydrogens (tertiary/aromatic N) is 4. The number of pyridine rings is 1. The number of fused-ring (bicyclic) bond motifs is 1. The quantitative estimate of drug-likeness (QED) is 0.326. The molecule has 5 rings (SSSR count). The van der Waals surface area contributed by atoms with Gasteiger partial charge in [0.2, 0.25) is 0 Å². The van der Waals surface area contributed by atoms with Crippen LogP contribution in [0.25, 0.3) is 22.6 Å². The van der Waals surface area contributed by atoms with Gasteiger partial charge in [-0.3, -0.25) is 9.99 Å². The number of hydrogen-bond donors (Lipinski definition) is 1. The smallest absolute Gasteiger partial charge is 0.340 e. The summed E-state index contributed by atoms with van der Waals surface area (Å²) in [6, 6.07) is 10.6. The standard InChI is InChI=1S/C24H15ClF5N5/c25-14-5-6-15(17(8-14)24(28,29)30)19-7-4-13(9-31-19)11-35-12-21-20(10-32-35)33-23(34-21)16-2-1-3-18(26)22(16)27/h1-10H,11-12H2,(H,33,34). The molecule has 0 bridgehead atoms. The van der Waals surface area contributed by atoms with Gasteiger partial charge >= 0.3 is 6.18 Å². The SMILES string of the molecule is Fc1cccc(-c2nc3c([nH]2)CN(Cc2ccc(-c4ccc(Cl)cc4C(F)(F)F)nc2)N=C3)c1F. The lowest BCUT2D eigenvalue weighted by Crippen LogP contribution is -2.21. The number of hydrogen-bond acceptors (Lipinski definition) is 4. The average Bonchev–Trinajstić information content (AvgIpc) is 3.24. The van der Waals surface area contributed by atoms with Gasteiger partial charge in [0.15, 0.2) is 11.6 Å². The molecular formula is C24H15ClF5N5. The van der Waals surface area contributed by atoms with Crippen molar-refractivity contribution in [2.45, 2.75) is 19.3 Å². The third-order valence-electron chi connectivity index (χ3n) is 5.45. The fourth-order valence-corrected chi connectivity index (χ4v) is 3.96. The molecule has 0 atom stereocenters. The second-order valence-corrected chi connectivity index (χ2v) is 8.29. The molecule has 0 fully saturated rings. The Labute approximate surface area is 200 Å². The van der Waals surface area contributed by atoms with Crippen LogP contribution in [0.15, 0.2) is 59.8 Å². The normalized spacial score (nSPS) is 13.3. The van der Waals surface area contributed by atoms with E-state index in [0.717, 1.165) is 12.1 Å². The van der Waals surface area contributed by atoms with Crippen molar-refractivity contribution in [3.05, 3.63) is 93.9 Å². The summed E-state index contributed by atoms with van der Waals surface area (Å²) in [5.74, 6) is -1.77. The molecule has 2 aromatic heterocycles. The molecule has 1 aliphatic heterocycles. The van der Waals surface area contributed by atoms with Gasteiger partial charge in [0.1, 0.15) is 11.5 Å². The van der Waals surface area contributed by atoms with E-state index in [1.54, 1.807) is 11.1 Å². The maximum atomic E-state index is 14.1. The molecule has 178 valence electrons. The molecule has 3 heterocycles. The van der Waals surface area contributed by atoms with Crippen LogP contribution in [0.5, 0.6) is 0 Å². The minimum absolute atomic E-state index is 0.0119. The molecule has 0 saturated heterocycles. The van der Waals surface area contributed by atoms with Crippen LogP contribution in [0.2, 0.25) is 5.02 Å². The second kappa shape index (κ2) is 8.77. The van der Waals surface area contributed by atoms with Gasteiger partial charge in [-0.15, -0.1) is 0 Å². The Hall–Kier alpha value is -3.79. The fourth-order valence-electron chi connectivity index (χ4n) is 3.78. The van der Waals surface area contributed by atoms with Crippen molar-refractivity contribution in [2.24, 2.45) is 5.10 Å². The van der Waals surface area contributed by atoms with Crippen LogP contribution < -0.4 is 0 Å². The molecule has 35 heavy (non-hydrogen) atoms. The van der Waals surface area contributed by atoms with Gasteiger partial charge in [0.25, 0.3) is 0 Å². The van der Waals surface area contributed by atoms with Crippen molar-refractivity contribution in [2.75, 3.05) is 0 Å². The molecule has 0 radical (unpaired) electrons. The summed E-state index contributed by atoms with van der Waals surface area (Å²) in [5.41, 5.74) is 1.15. The van der Waals surface area contributed by atoms with Crippen LogP contribution >= 0.6 is 11.6 Å². The minimum Gasteiger partial charge on any atom is -0.340 e. The number of alkyl halides is 3. The number of aromatic nitrogens is 3. The summed E-state index contributed by atoms with van der Waals surface area (Å²) >= 11 is 5.75. The zero-order chi connectivity index (χ0) is 24.7. The Kier molecular flexibility index (Phi) is 5.76. The van der Waals surface area contributed by atoms with Crippen LogP contribution in [0.1, 0.15) is 22.5 Å². The lowest BCUT2D eigenvalue weighted by Gasteiger charge is -2.21. The molecule has 5 nitrogen and oxygen atoms in total. The van der Waals surface area contributed by atoms with Crippen molar-refractivity contribution in [3.63, 3.8) is 0 Å². The van der Waals surface area contributed by atoms with Gasteiger partial charge in [0.05, 0.1) is 41.8 Å². The van der Waals surface area contributed by atoms with Crippen LogP contribution in [-0.4, -0.2) is 26.2 Å². The van der Waals surface area contributed by atoms with Crippen LogP contribution in [-0.2, 0) is 19.3 Å². The molecular weight excluding hydrogens is 489 g/mol. The number of hydrazone groups is 1. The average molecular weight is 504 g/mol. The van der Waals surface area contributed by atoms with Crippen molar-refractivity contribution < 1.29 is 22.0 Å². The predicted molar refractivity (Wildman–Crippen MR) is 120 cm³/mol. The summed E-state index contributed by atoms with van der Waals surface area (Å²) < 4.78 is 68.0. The van der Waals surface area contributed by atoms with Gasteiger partial charge in [-0.2, -0.15) is 18.3 Å². The second-order valence-electron chi connectivity index (χ2n) is 7.86. The molecule has 0 spiro atoms. The molecule has 1 aliphatic rings. The highest BCUT2D eigenvalue weighted by atomic mass is 35.5. The van der Waals surface area contributed by atoms with Crippen molar-refractivity contribution in [1.29, 1.82) is 0 Å². The van der Waals surface area contributed by atoms with Gasteiger partial charge in [-0.05, 0) is 35.9 Å². The first-order valence-corrected chi connectivity index (χ1v) is 10.7. The van der Waals surface area contributed by atoms with Gasteiger partial charge in [-0.1, -0.05) is 29.8 Å². The summed E-state index contributed by atoms with van der Waals surface area (Å²) in [6.45, 7) is 0.631. The van der Waals surface area contributed by atoms with Crippen LogP contribution in [0, 0.1) is 11.6 Å². The Morgan fingerprint density at radius 2 is 1.86 bits per heavy atom. The molecule has 0 amide bonds.